The molecule has 44 heavy (non-hydrogen) atoms. The van der Waals surface area contributed by atoms with Crippen LogP contribution in [0, 0.1) is 105 Å². The van der Waals surface area contributed by atoms with E-state index in [0.29, 0.717) is 0 Å². The van der Waals surface area contributed by atoms with E-state index in [1.165, 1.54) is 0 Å². The molecule has 0 aliphatic rings. The van der Waals surface area contributed by atoms with Crippen LogP contribution in [0.4, 0.5) is 79.0 Å². The van der Waals surface area contributed by atoms with Crippen molar-refractivity contribution in [3.05, 3.63) is 105 Å². The van der Waals surface area contributed by atoms with E-state index in [4.69, 9.17) is 0 Å². The SMILES string of the molecule is Fc1c(F)c(F)c(Oc2c(F)c(F)c(-c3c(F)c(F)c(Oc4c(F)c(F)c(F)c(F)c4F)c(F)c3F)c(F)c2F)c(F)c1F. The fraction of sp³-hybridized carbons (Fsp3) is 0. The Morgan fingerprint density at radius 3 is 0.500 bits per heavy atom. The molecule has 2 nitrogen and oxygen atoms in total. The van der Waals surface area contributed by atoms with Crippen molar-refractivity contribution in [2.45, 2.75) is 0 Å². The van der Waals surface area contributed by atoms with Gasteiger partial charge in [0, 0.05) is 0 Å². The van der Waals surface area contributed by atoms with Gasteiger partial charge in [-0.15, -0.1) is 0 Å². The number of benzene rings is 4. The van der Waals surface area contributed by atoms with Crippen molar-refractivity contribution < 1.29 is 88.5 Å². The number of ether oxygens (including phenoxy) is 2. The highest BCUT2D eigenvalue weighted by molar-refractivity contribution is 5.69. The monoisotopic (exact) mass is 662 g/mol. The Labute approximate surface area is 228 Å². The molecule has 0 bridgehead atoms. The van der Waals surface area contributed by atoms with Crippen LogP contribution in [0.5, 0.6) is 23.0 Å². The predicted molar refractivity (Wildman–Crippen MR) is 104 cm³/mol. The van der Waals surface area contributed by atoms with Gasteiger partial charge >= 0.3 is 0 Å². The van der Waals surface area contributed by atoms with Gasteiger partial charge in [-0.25, -0.2) is 43.9 Å². The smallest absolute Gasteiger partial charge is 0.207 e. The highest BCUT2D eigenvalue weighted by Crippen LogP contribution is 2.45. The Kier molecular flexibility index (Phi) is 8.07. The van der Waals surface area contributed by atoms with Gasteiger partial charge in [0.25, 0.3) is 0 Å². The predicted octanol–water partition coefficient (Wildman–Crippen LogP) is 9.44. The van der Waals surface area contributed by atoms with Crippen molar-refractivity contribution in [1.29, 1.82) is 0 Å². The van der Waals surface area contributed by atoms with E-state index in [2.05, 4.69) is 9.47 Å². The fourth-order valence-corrected chi connectivity index (χ4v) is 3.39. The summed E-state index contributed by atoms with van der Waals surface area (Å²) in [5, 5.41) is 0. The molecule has 0 aliphatic heterocycles. The van der Waals surface area contributed by atoms with Crippen molar-refractivity contribution in [2.75, 3.05) is 0 Å². The molecule has 0 aliphatic carbocycles. The first-order valence-corrected chi connectivity index (χ1v) is 10.5. The molecule has 4 aromatic rings. The summed E-state index contributed by atoms with van der Waals surface area (Å²) in [5.74, 6) is -63.4. The molecule has 0 aromatic heterocycles. The molecule has 0 unspecified atom stereocenters. The second-order valence-corrected chi connectivity index (χ2v) is 7.92. The second kappa shape index (κ2) is 11.1. The van der Waals surface area contributed by atoms with Gasteiger partial charge in [-0.2, -0.15) is 35.1 Å². The minimum Gasteiger partial charge on any atom is -0.444 e. The summed E-state index contributed by atoms with van der Waals surface area (Å²) < 4.78 is 260. The first-order valence-electron chi connectivity index (χ1n) is 10.5. The average molecular weight is 662 g/mol. The van der Waals surface area contributed by atoms with Crippen LogP contribution in [0.15, 0.2) is 0 Å². The number of rotatable bonds is 5. The minimum atomic E-state index is -3.09. The third-order valence-electron chi connectivity index (χ3n) is 5.44. The maximum Gasteiger partial charge on any atom is 0.207 e. The van der Waals surface area contributed by atoms with Gasteiger partial charge < -0.3 is 9.47 Å². The van der Waals surface area contributed by atoms with Gasteiger partial charge in [-0.05, 0) is 0 Å². The molecule has 0 amide bonds. The van der Waals surface area contributed by atoms with Crippen LogP contribution in [0.25, 0.3) is 11.1 Å². The molecule has 0 saturated carbocycles. The van der Waals surface area contributed by atoms with E-state index in [1.54, 1.807) is 0 Å². The lowest BCUT2D eigenvalue weighted by Gasteiger charge is -2.17. The highest BCUT2D eigenvalue weighted by atomic mass is 19.2. The summed E-state index contributed by atoms with van der Waals surface area (Å²) in [6, 6.07) is 0. The summed E-state index contributed by atoms with van der Waals surface area (Å²) in [5.41, 5.74) is -5.42. The summed E-state index contributed by atoms with van der Waals surface area (Å²) in [4.78, 5) is 0. The van der Waals surface area contributed by atoms with E-state index in [-0.39, 0.29) is 0 Å². The maximum absolute atomic E-state index is 14.7. The minimum absolute atomic E-state index is 2.55. The zero-order valence-corrected chi connectivity index (χ0v) is 19.6. The van der Waals surface area contributed by atoms with Gasteiger partial charge in [0.15, 0.2) is 23.3 Å². The van der Waals surface area contributed by atoms with Gasteiger partial charge in [0.2, 0.25) is 104 Å². The van der Waals surface area contributed by atoms with E-state index < -0.39 is 139 Å². The summed E-state index contributed by atoms with van der Waals surface area (Å²) in [7, 11) is 0. The maximum atomic E-state index is 14.7. The molecule has 0 atom stereocenters. The first kappa shape index (κ1) is 32.1. The molecule has 0 saturated heterocycles. The van der Waals surface area contributed by atoms with E-state index >= 15 is 0 Å². The normalized spacial score (nSPS) is 11.4. The Hall–Kier alpha value is -4.78. The lowest BCUT2D eigenvalue weighted by Crippen LogP contribution is -2.11. The molecule has 0 radical (unpaired) electrons. The van der Waals surface area contributed by atoms with Crippen LogP contribution in [-0.4, -0.2) is 0 Å². The molecule has 0 spiro atoms. The van der Waals surface area contributed by atoms with Crippen molar-refractivity contribution in [2.24, 2.45) is 0 Å². The van der Waals surface area contributed by atoms with Crippen LogP contribution in [0.2, 0.25) is 0 Å². The van der Waals surface area contributed by atoms with E-state index in [0.717, 1.165) is 0 Å². The molecule has 234 valence electrons. The first-order chi connectivity index (χ1) is 20.4. The van der Waals surface area contributed by atoms with Gasteiger partial charge in [0.1, 0.15) is 0 Å². The summed E-state index contributed by atoms with van der Waals surface area (Å²) in [6.07, 6.45) is 0. The van der Waals surface area contributed by atoms with Crippen molar-refractivity contribution in [3.8, 4) is 34.1 Å². The summed E-state index contributed by atoms with van der Waals surface area (Å²) in [6.45, 7) is 0. The Morgan fingerprint density at radius 2 is 0.318 bits per heavy atom. The Bertz CT molecular complexity index is 1650. The molecular weight excluding hydrogens is 662 g/mol. The molecule has 0 heterocycles. The number of hydrogen-bond acceptors (Lipinski definition) is 2. The van der Waals surface area contributed by atoms with Crippen molar-refractivity contribution in [1.82, 2.24) is 0 Å². The zero-order valence-electron chi connectivity index (χ0n) is 19.6. The van der Waals surface area contributed by atoms with Crippen molar-refractivity contribution >= 4 is 0 Å². The Balaban J connectivity index is 1.92. The quantitative estimate of drug-likeness (QED) is 0.121. The fourth-order valence-electron chi connectivity index (χ4n) is 3.39. The van der Waals surface area contributed by atoms with Crippen LogP contribution < -0.4 is 9.47 Å². The molecule has 20 heteroatoms. The van der Waals surface area contributed by atoms with Gasteiger partial charge in [0.05, 0.1) is 11.1 Å². The third kappa shape index (κ3) is 4.58. The largest absolute Gasteiger partial charge is 0.444 e. The van der Waals surface area contributed by atoms with Gasteiger partial charge in [-0.1, -0.05) is 0 Å². The van der Waals surface area contributed by atoms with E-state index in [9.17, 15) is 79.0 Å². The molecule has 4 aromatic carbocycles. The molecule has 0 N–H and O–H groups in total. The lowest BCUT2D eigenvalue weighted by molar-refractivity contribution is 0.307. The van der Waals surface area contributed by atoms with Crippen LogP contribution >= 0.6 is 0 Å². The zero-order chi connectivity index (χ0) is 33.3. The average Bonchev–Trinajstić information content (AvgIpc) is 2.99. The lowest BCUT2D eigenvalue weighted by atomic mass is 10.0. The Morgan fingerprint density at radius 1 is 0.182 bits per heavy atom. The van der Waals surface area contributed by atoms with Crippen LogP contribution in [0.1, 0.15) is 0 Å². The van der Waals surface area contributed by atoms with E-state index in [1.807, 2.05) is 0 Å². The van der Waals surface area contributed by atoms with Gasteiger partial charge in [-0.3, -0.25) is 0 Å². The standard InChI is InChI=1S/C24F18O2/c25-3-1(4(26)14(36)21(13(3)35)43-23-17(39)9(31)7(29)10(32)18(23)40)2-5(27)15(37)22(16(38)6(2)28)44-24-19(41)11(33)8(30)12(34)20(24)42. The third-order valence-corrected chi connectivity index (χ3v) is 5.44. The van der Waals surface area contributed by atoms with Crippen LogP contribution in [-0.2, 0) is 0 Å². The second-order valence-electron chi connectivity index (χ2n) is 7.92. The molecule has 0 fully saturated rings. The van der Waals surface area contributed by atoms with Crippen LogP contribution in [0.3, 0.4) is 0 Å². The summed E-state index contributed by atoms with van der Waals surface area (Å²) >= 11 is 0. The number of hydrogen-bond donors (Lipinski definition) is 0. The molecular formula is C24F18O2. The van der Waals surface area contributed by atoms with Crippen molar-refractivity contribution in [3.63, 3.8) is 0 Å². The topological polar surface area (TPSA) is 18.5 Å². The number of halogens is 18. The highest BCUT2D eigenvalue weighted by Gasteiger charge is 2.38. The molecule has 4 rings (SSSR count).